The maximum Gasteiger partial charge on any atom is 0.335 e. The van der Waals surface area contributed by atoms with Crippen LogP contribution in [0.2, 0.25) is 0 Å². The van der Waals surface area contributed by atoms with Crippen LogP contribution in [0.15, 0.2) is 41.8 Å². The van der Waals surface area contributed by atoms with Gasteiger partial charge in [0.05, 0.1) is 5.56 Å². The maximum atomic E-state index is 11.1. The second-order valence-corrected chi connectivity index (χ2v) is 5.56. The molecule has 2 rings (SSSR count). The number of aromatic carboxylic acids is 1. The highest BCUT2D eigenvalue weighted by Crippen LogP contribution is 2.13. The lowest BCUT2D eigenvalue weighted by atomic mass is 10.0. The standard InChI is InChI=1S/C15H17NO2S/c1-16(11-13-6-4-10-19-13)9-8-12-5-2-3-7-14(12)15(17)18/h2-7,10H,8-9,11H2,1H3,(H,17,18). The first-order chi connectivity index (χ1) is 9.16. The van der Waals surface area contributed by atoms with E-state index in [4.69, 9.17) is 5.11 Å². The van der Waals surface area contributed by atoms with Crippen LogP contribution in [-0.2, 0) is 13.0 Å². The van der Waals surface area contributed by atoms with Gasteiger partial charge in [-0.1, -0.05) is 24.3 Å². The molecule has 0 aliphatic rings. The molecule has 0 spiro atoms. The molecule has 0 saturated heterocycles. The fourth-order valence-corrected chi connectivity index (χ4v) is 2.79. The van der Waals surface area contributed by atoms with Gasteiger partial charge in [-0.15, -0.1) is 11.3 Å². The summed E-state index contributed by atoms with van der Waals surface area (Å²) in [4.78, 5) is 14.7. The summed E-state index contributed by atoms with van der Waals surface area (Å²) < 4.78 is 0. The van der Waals surface area contributed by atoms with Crippen molar-refractivity contribution in [1.82, 2.24) is 4.90 Å². The molecule has 0 atom stereocenters. The summed E-state index contributed by atoms with van der Waals surface area (Å²) in [5, 5.41) is 11.2. The largest absolute Gasteiger partial charge is 0.478 e. The second-order valence-electron chi connectivity index (χ2n) is 4.53. The summed E-state index contributed by atoms with van der Waals surface area (Å²) >= 11 is 1.75. The summed E-state index contributed by atoms with van der Waals surface area (Å²) in [6, 6.07) is 11.4. The van der Waals surface area contributed by atoms with Crippen molar-refractivity contribution < 1.29 is 9.90 Å². The highest BCUT2D eigenvalue weighted by molar-refractivity contribution is 7.09. The number of hydrogen-bond donors (Lipinski definition) is 1. The molecule has 0 saturated carbocycles. The fourth-order valence-electron chi connectivity index (χ4n) is 2.01. The van der Waals surface area contributed by atoms with E-state index >= 15 is 0 Å². The third-order valence-electron chi connectivity index (χ3n) is 3.02. The van der Waals surface area contributed by atoms with E-state index in [1.165, 1.54) is 4.88 Å². The van der Waals surface area contributed by atoms with Gasteiger partial charge in [-0.2, -0.15) is 0 Å². The molecule has 19 heavy (non-hydrogen) atoms. The number of thiophene rings is 1. The molecule has 0 radical (unpaired) electrons. The van der Waals surface area contributed by atoms with Gasteiger partial charge in [0.2, 0.25) is 0 Å². The fraction of sp³-hybridized carbons (Fsp3) is 0.267. The first kappa shape index (κ1) is 13.8. The van der Waals surface area contributed by atoms with Crippen LogP contribution in [-0.4, -0.2) is 29.6 Å². The van der Waals surface area contributed by atoms with Crippen molar-refractivity contribution >= 4 is 17.3 Å². The highest BCUT2D eigenvalue weighted by Gasteiger charge is 2.09. The van der Waals surface area contributed by atoms with Crippen molar-refractivity contribution in [2.75, 3.05) is 13.6 Å². The van der Waals surface area contributed by atoms with Crippen LogP contribution in [0.1, 0.15) is 20.8 Å². The summed E-state index contributed by atoms with van der Waals surface area (Å²) in [6.07, 6.45) is 0.754. The van der Waals surface area contributed by atoms with Crippen LogP contribution < -0.4 is 0 Å². The molecular weight excluding hydrogens is 258 g/mol. The van der Waals surface area contributed by atoms with Crippen LogP contribution in [0, 0.1) is 0 Å². The number of hydrogen-bond acceptors (Lipinski definition) is 3. The van der Waals surface area contributed by atoms with E-state index in [1.807, 2.05) is 18.2 Å². The topological polar surface area (TPSA) is 40.5 Å². The van der Waals surface area contributed by atoms with Crippen LogP contribution >= 0.6 is 11.3 Å². The van der Waals surface area contributed by atoms with Crippen molar-refractivity contribution in [3.63, 3.8) is 0 Å². The molecule has 0 aliphatic carbocycles. The zero-order valence-corrected chi connectivity index (χ0v) is 11.7. The molecular formula is C15H17NO2S. The Labute approximate surface area is 117 Å². The number of nitrogens with zero attached hydrogens (tertiary/aromatic N) is 1. The zero-order valence-electron chi connectivity index (χ0n) is 10.9. The molecule has 1 heterocycles. The molecule has 1 N–H and O–H groups in total. The summed E-state index contributed by atoms with van der Waals surface area (Å²) in [6.45, 7) is 1.76. The van der Waals surface area contributed by atoms with Gasteiger partial charge in [-0.05, 0) is 36.5 Å². The van der Waals surface area contributed by atoms with E-state index < -0.39 is 5.97 Å². The van der Waals surface area contributed by atoms with Crippen LogP contribution in [0.25, 0.3) is 0 Å². The third-order valence-corrected chi connectivity index (χ3v) is 3.88. The Bertz CT molecular complexity index is 537. The van der Waals surface area contributed by atoms with Crippen molar-refractivity contribution in [3.8, 4) is 0 Å². The lowest BCUT2D eigenvalue weighted by Crippen LogP contribution is -2.21. The third kappa shape index (κ3) is 3.91. The van der Waals surface area contributed by atoms with Crippen molar-refractivity contribution in [1.29, 1.82) is 0 Å². The molecule has 2 aromatic rings. The molecule has 4 heteroatoms. The first-order valence-corrected chi connectivity index (χ1v) is 7.07. The smallest absolute Gasteiger partial charge is 0.335 e. The number of carboxylic acids is 1. The molecule has 0 unspecified atom stereocenters. The van der Waals surface area contributed by atoms with Gasteiger partial charge in [-0.3, -0.25) is 0 Å². The predicted molar refractivity (Wildman–Crippen MR) is 77.8 cm³/mol. The lowest BCUT2D eigenvalue weighted by molar-refractivity contribution is 0.0695. The Morgan fingerprint density at radius 1 is 1.26 bits per heavy atom. The minimum absolute atomic E-state index is 0.409. The van der Waals surface area contributed by atoms with Crippen molar-refractivity contribution in [2.24, 2.45) is 0 Å². The minimum atomic E-state index is -0.850. The molecule has 3 nitrogen and oxygen atoms in total. The van der Waals surface area contributed by atoms with E-state index in [-0.39, 0.29) is 0 Å². The van der Waals surface area contributed by atoms with Crippen molar-refractivity contribution in [3.05, 3.63) is 57.8 Å². The average Bonchev–Trinajstić information content (AvgIpc) is 2.89. The van der Waals surface area contributed by atoms with Crippen LogP contribution in [0.3, 0.4) is 0 Å². The SMILES string of the molecule is CN(CCc1ccccc1C(=O)O)Cc1cccs1. The molecule has 100 valence electrons. The number of benzene rings is 1. The van der Waals surface area contributed by atoms with Gasteiger partial charge < -0.3 is 10.0 Å². The van der Waals surface area contributed by atoms with Gasteiger partial charge in [0, 0.05) is 18.0 Å². The maximum absolute atomic E-state index is 11.1. The van der Waals surface area contributed by atoms with Crippen LogP contribution in [0.5, 0.6) is 0 Å². The van der Waals surface area contributed by atoms with E-state index in [9.17, 15) is 4.79 Å². The molecule has 1 aromatic heterocycles. The quantitative estimate of drug-likeness (QED) is 0.880. The number of rotatable bonds is 6. The van der Waals surface area contributed by atoms with E-state index in [2.05, 4.69) is 23.4 Å². The predicted octanol–water partition coefficient (Wildman–Crippen LogP) is 3.12. The van der Waals surface area contributed by atoms with Gasteiger partial charge in [0.25, 0.3) is 0 Å². The summed E-state index contributed by atoms with van der Waals surface area (Å²) in [5.74, 6) is -0.850. The summed E-state index contributed by atoms with van der Waals surface area (Å²) in [7, 11) is 2.06. The van der Waals surface area contributed by atoms with E-state index in [1.54, 1.807) is 23.5 Å². The Morgan fingerprint density at radius 3 is 2.74 bits per heavy atom. The number of carbonyl (C=O) groups is 1. The van der Waals surface area contributed by atoms with Crippen LogP contribution in [0.4, 0.5) is 0 Å². The molecule has 0 amide bonds. The van der Waals surface area contributed by atoms with E-state index in [0.29, 0.717) is 5.56 Å². The first-order valence-electron chi connectivity index (χ1n) is 6.19. The average molecular weight is 275 g/mol. The van der Waals surface area contributed by atoms with E-state index in [0.717, 1.165) is 25.1 Å². The number of carboxylic acid groups (broad SMARTS) is 1. The van der Waals surface area contributed by atoms with Gasteiger partial charge in [0.1, 0.15) is 0 Å². The molecule has 0 fully saturated rings. The van der Waals surface area contributed by atoms with Gasteiger partial charge in [-0.25, -0.2) is 4.79 Å². The Hall–Kier alpha value is -1.65. The zero-order chi connectivity index (χ0) is 13.7. The molecule has 0 aliphatic heterocycles. The minimum Gasteiger partial charge on any atom is -0.478 e. The normalized spacial score (nSPS) is 10.8. The Balaban J connectivity index is 1.93. The summed E-state index contributed by atoms with van der Waals surface area (Å²) in [5.41, 5.74) is 1.31. The Morgan fingerprint density at radius 2 is 2.05 bits per heavy atom. The number of likely N-dealkylation sites (N-methyl/N-ethyl adjacent to an activating group) is 1. The molecule has 1 aromatic carbocycles. The monoisotopic (exact) mass is 275 g/mol. The molecule has 0 bridgehead atoms. The van der Waals surface area contributed by atoms with Gasteiger partial charge >= 0.3 is 5.97 Å². The van der Waals surface area contributed by atoms with Crippen molar-refractivity contribution in [2.45, 2.75) is 13.0 Å². The lowest BCUT2D eigenvalue weighted by Gasteiger charge is -2.16. The Kier molecular flexibility index (Phi) is 4.71. The van der Waals surface area contributed by atoms with Gasteiger partial charge in [0.15, 0.2) is 0 Å². The highest BCUT2D eigenvalue weighted by atomic mass is 32.1. The second kappa shape index (κ2) is 6.50.